The van der Waals surface area contributed by atoms with Crippen LogP contribution in [0.25, 0.3) is 0 Å². The number of hydroxylamine groups is 2. The van der Waals surface area contributed by atoms with Gasteiger partial charge in [0.25, 0.3) is 5.91 Å². The molecule has 1 amide bonds. The van der Waals surface area contributed by atoms with Gasteiger partial charge in [0.15, 0.2) is 6.61 Å². The molecule has 0 atom stereocenters. The van der Waals surface area contributed by atoms with Crippen LogP contribution < -0.4 is 0 Å². The number of ether oxygens (including phenoxy) is 3. The predicted molar refractivity (Wildman–Crippen MR) is 108 cm³/mol. The van der Waals surface area contributed by atoms with E-state index in [0.29, 0.717) is 10.6 Å². The Morgan fingerprint density at radius 3 is 2.37 bits per heavy atom. The lowest BCUT2D eigenvalue weighted by atomic mass is 10.2. The number of carbonyl (C=O) groups is 3. The first kappa shape index (κ1) is 24.0. The second-order valence-electron chi connectivity index (χ2n) is 7.88. The molecule has 1 saturated heterocycles. The van der Waals surface area contributed by atoms with Gasteiger partial charge in [-0.25, -0.2) is 14.7 Å². The van der Waals surface area contributed by atoms with Gasteiger partial charge in [-0.3, -0.25) is 9.63 Å². The highest BCUT2D eigenvalue weighted by atomic mass is 35.5. The van der Waals surface area contributed by atoms with Crippen LogP contribution in [0.4, 0.5) is 0 Å². The zero-order chi connectivity index (χ0) is 22.7. The van der Waals surface area contributed by atoms with E-state index in [4.69, 9.17) is 42.3 Å². The molecule has 1 aromatic carbocycles. The predicted octanol–water partition coefficient (Wildman–Crippen LogP) is 3.79. The number of amides is 1. The van der Waals surface area contributed by atoms with Crippen LogP contribution in [-0.4, -0.2) is 40.9 Å². The van der Waals surface area contributed by atoms with E-state index in [9.17, 15) is 14.4 Å². The Kier molecular flexibility index (Phi) is 7.39. The summed E-state index contributed by atoms with van der Waals surface area (Å²) in [6.07, 6.45) is 0.934. The van der Waals surface area contributed by atoms with E-state index in [1.54, 1.807) is 39.0 Å². The lowest BCUT2D eigenvalue weighted by molar-refractivity contribution is -0.198. The molecule has 8 nitrogen and oxygen atoms in total. The third-order valence-corrected chi connectivity index (χ3v) is 4.20. The van der Waals surface area contributed by atoms with Crippen molar-refractivity contribution in [3.8, 4) is 0 Å². The molecule has 1 aliphatic heterocycles. The minimum absolute atomic E-state index is 0.0826. The highest BCUT2D eigenvalue weighted by Gasteiger charge is 2.38. The van der Waals surface area contributed by atoms with Crippen molar-refractivity contribution >= 4 is 41.0 Å². The maximum absolute atomic E-state index is 12.7. The van der Waals surface area contributed by atoms with Crippen molar-refractivity contribution in [2.24, 2.45) is 0 Å². The van der Waals surface area contributed by atoms with Crippen molar-refractivity contribution in [1.29, 1.82) is 0 Å². The van der Waals surface area contributed by atoms with Crippen molar-refractivity contribution in [3.63, 3.8) is 0 Å². The molecular formula is C20H23Cl2NO7. The number of nitrogens with zero attached hydrogens (tertiary/aromatic N) is 1. The van der Waals surface area contributed by atoms with Gasteiger partial charge in [-0.1, -0.05) is 29.3 Å². The summed E-state index contributed by atoms with van der Waals surface area (Å²) in [6, 6.07) is 4.76. The fourth-order valence-electron chi connectivity index (χ4n) is 2.37. The molecular weight excluding hydrogens is 437 g/mol. The SMILES string of the molecule is CC(C)(C)OC(=O)CON(Cc1ccc(Cl)c(Cl)c1)C(=O)/C=C1\OC(C)(C)OC1=O. The normalized spacial score (nSPS) is 16.8. The molecule has 0 N–H and O–H groups in total. The first-order chi connectivity index (χ1) is 13.8. The summed E-state index contributed by atoms with van der Waals surface area (Å²) in [5.41, 5.74) is -0.135. The molecule has 0 aromatic heterocycles. The largest absolute Gasteiger partial charge is 0.458 e. The van der Waals surface area contributed by atoms with Gasteiger partial charge < -0.3 is 14.2 Å². The highest BCUT2D eigenvalue weighted by Crippen LogP contribution is 2.27. The number of halogens is 2. The second-order valence-corrected chi connectivity index (χ2v) is 8.70. The third kappa shape index (κ3) is 7.19. The van der Waals surface area contributed by atoms with Gasteiger partial charge in [0.2, 0.25) is 11.5 Å². The number of esters is 2. The molecule has 1 aromatic rings. The topological polar surface area (TPSA) is 91.4 Å². The minimum Gasteiger partial charge on any atom is -0.458 e. The summed E-state index contributed by atoms with van der Waals surface area (Å²) in [7, 11) is 0. The lowest BCUT2D eigenvalue weighted by Gasteiger charge is -2.23. The number of hydrogen-bond acceptors (Lipinski definition) is 7. The van der Waals surface area contributed by atoms with E-state index < -0.39 is 35.8 Å². The molecule has 10 heteroatoms. The molecule has 164 valence electrons. The van der Waals surface area contributed by atoms with Crippen LogP contribution in [0.15, 0.2) is 30.0 Å². The molecule has 0 spiro atoms. The van der Waals surface area contributed by atoms with E-state index >= 15 is 0 Å². The average Bonchev–Trinajstić information content (AvgIpc) is 2.84. The van der Waals surface area contributed by atoms with Crippen molar-refractivity contribution in [3.05, 3.63) is 45.6 Å². The highest BCUT2D eigenvalue weighted by molar-refractivity contribution is 6.42. The van der Waals surface area contributed by atoms with Gasteiger partial charge in [-0.15, -0.1) is 0 Å². The summed E-state index contributed by atoms with van der Waals surface area (Å²) in [5.74, 6) is -3.65. The standard InChI is InChI=1S/C20H23Cl2NO7/c1-19(2,3)29-17(25)11-27-23(10-12-6-7-13(21)14(22)8-12)16(24)9-15-18(26)30-20(4,5)28-15/h6-9H,10-11H2,1-5H3/b15-9-. The first-order valence-electron chi connectivity index (χ1n) is 9.00. The molecule has 30 heavy (non-hydrogen) atoms. The van der Waals surface area contributed by atoms with Crippen molar-refractivity contribution in [2.45, 2.75) is 52.6 Å². The van der Waals surface area contributed by atoms with E-state index in [-0.39, 0.29) is 17.3 Å². The summed E-state index contributed by atoms with van der Waals surface area (Å²) in [6.45, 7) is 7.58. The molecule has 0 bridgehead atoms. The number of rotatable bonds is 6. The van der Waals surface area contributed by atoms with E-state index in [2.05, 4.69) is 0 Å². The molecule has 0 aliphatic carbocycles. The maximum Gasteiger partial charge on any atom is 0.377 e. The molecule has 0 saturated carbocycles. The second kappa shape index (κ2) is 9.24. The Morgan fingerprint density at radius 1 is 1.17 bits per heavy atom. The lowest BCUT2D eigenvalue weighted by Crippen LogP contribution is -2.34. The van der Waals surface area contributed by atoms with Crippen LogP contribution >= 0.6 is 23.2 Å². The van der Waals surface area contributed by atoms with Crippen LogP contribution in [0.1, 0.15) is 40.2 Å². The fourth-order valence-corrected chi connectivity index (χ4v) is 2.69. The van der Waals surface area contributed by atoms with Gasteiger partial charge in [-0.05, 0) is 38.5 Å². The number of benzene rings is 1. The van der Waals surface area contributed by atoms with E-state index in [0.717, 1.165) is 11.1 Å². The van der Waals surface area contributed by atoms with Crippen LogP contribution in [0.5, 0.6) is 0 Å². The van der Waals surface area contributed by atoms with Gasteiger partial charge in [0.1, 0.15) is 5.60 Å². The minimum atomic E-state index is -1.19. The first-order valence-corrected chi connectivity index (χ1v) is 9.75. The van der Waals surface area contributed by atoms with Crippen molar-refractivity contribution < 1.29 is 33.4 Å². The Bertz CT molecular complexity index is 874. The zero-order valence-electron chi connectivity index (χ0n) is 17.3. The van der Waals surface area contributed by atoms with Gasteiger partial charge in [-0.2, -0.15) is 0 Å². The van der Waals surface area contributed by atoms with Crippen LogP contribution in [0.2, 0.25) is 10.0 Å². The summed E-state index contributed by atoms with van der Waals surface area (Å²) in [5, 5.41) is 1.52. The Hall–Kier alpha value is -2.29. The van der Waals surface area contributed by atoms with Crippen LogP contribution in [0, 0.1) is 0 Å². The van der Waals surface area contributed by atoms with Gasteiger partial charge >= 0.3 is 11.9 Å². The molecule has 1 aliphatic rings. The Labute approximate surface area is 184 Å². The molecule has 1 heterocycles. The third-order valence-electron chi connectivity index (χ3n) is 3.46. The molecule has 0 unspecified atom stereocenters. The number of cyclic esters (lactones) is 1. The van der Waals surface area contributed by atoms with Crippen molar-refractivity contribution in [2.75, 3.05) is 6.61 Å². The zero-order valence-corrected chi connectivity index (χ0v) is 18.8. The average molecular weight is 460 g/mol. The summed E-state index contributed by atoms with van der Waals surface area (Å²) < 4.78 is 15.5. The number of hydrogen-bond donors (Lipinski definition) is 0. The summed E-state index contributed by atoms with van der Waals surface area (Å²) in [4.78, 5) is 42.0. The quantitative estimate of drug-likeness (QED) is 0.363. The molecule has 1 fully saturated rings. The summed E-state index contributed by atoms with van der Waals surface area (Å²) >= 11 is 11.9. The van der Waals surface area contributed by atoms with E-state index in [1.165, 1.54) is 13.8 Å². The van der Waals surface area contributed by atoms with Crippen molar-refractivity contribution in [1.82, 2.24) is 5.06 Å². The number of carbonyl (C=O) groups excluding carboxylic acids is 3. The smallest absolute Gasteiger partial charge is 0.377 e. The fraction of sp³-hybridized carbons (Fsp3) is 0.450. The van der Waals surface area contributed by atoms with Crippen LogP contribution in [0.3, 0.4) is 0 Å². The van der Waals surface area contributed by atoms with Crippen LogP contribution in [-0.2, 0) is 40.0 Å². The Morgan fingerprint density at radius 2 is 1.83 bits per heavy atom. The molecule has 0 radical (unpaired) electrons. The van der Waals surface area contributed by atoms with Gasteiger partial charge in [0, 0.05) is 13.8 Å². The molecule has 2 rings (SSSR count). The van der Waals surface area contributed by atoms with E-state index in [1.807, 2.05) is 0 Å². The monoisotopic (exact) mass is 459 g/mol. The Balaban J connectivity index is 2.19. The maximum atomic E-state index is 12.7. The van der Waals surface area contributed by atoms with Gasteiger partial charge in [0.05, 0.1) is 22.7 Å².